The summed E-state index contributed by atoms with van der Waals surface area (Å²) in [6, 6.07) is 17.5. The third kappa shape index (κ3) is 4.20. The zero-order chi connectivity index (χ0) is 20.1. The van der Waals surface area contributed by atoms with Crippen molar-refractivity contribution in [3.8, 4) is 17.1 Å². The van der Waals surface area contributed by atoms with E-state index < -0.39 is 0 Å². The van der Waals surface area contributed by atoms with Gasteiger partial charge < -0.3 is 14.2 Å². The molecule has 3 rings (SSSR count). The highest BCUT2D eigenvalue weighted by atomic mass is 32.2. The Labute approximate surface area is 169 Å². The van der Waals surface area contributed by atoms with Crippen molar-refractivity contribution in [1.82, 2.24) is 19.7 Å². The number of nitrogens with zero attached hydrogens (tertiary/aromatic N) is 4. The van der Waals surface area contributed by atoms with Gasteiger partial charge in [0.05, 0.1) is 7.11 Å². The molecule has 2 aromatic carbocycles. The quantitative estimate of drug-likeness (QED) is 0.567. The van der Waals surface area contributed by atoms with E-state index in [2.05, 4.69) is 10.2 Å². The Kier molecular flexibility index (Phi) is 6.36. The van der Waals surface area contributed by atoms with Gasteiger partial charge in [0.15, 0.2) is 11.0 Å². The van der Waals surface area contributed by atoms with Crippen molar-refractivity contribution in [2.75, 3.05) is 21.2 Å². The number of ether oxygens (including phenoxy) is 1. The van der Waals surface area contributed by atoms with Crippen LogP contribution in [0.25, 0.3) is 11.4 Å². The van der Waals surface area contributed by atoms with Gasteiger partial charge in [0, 0.05) is 26.2 Å². The minimum Gasteiger partial charge on any atom is -0.497 e. The summed E-state index contributed by atoms with van der Waals surface area (Å²) >= 11 is 1.43. The molecular weight excluding hydrogens is 372 g/mol. The number of rotatable bonds is 7. The predicted molar refractivity (Wildman–Crippen MR) is 111 cm³/mol. The van der Waals surface area contributed by atoms with Crippen molar-refractivity contribution in [3.05, 3.63) is 60.2 Å². The maximum atomic E-state index is 12.8. The Hall–Kier alpha value is -2.80. The predicted octanol–water partition coefficient (Wildman–Crippen LogP) is 3.90. The Morgan fingerprint density at radius 3 is 2.36 bits per heavy atom. The van der Waals surface area contributed by atoms with E-state index in [1.165, 1.54) is 11.8 Å². The maximum absolute atomic E-state index is 12.8. The fraction of sp³-hybridized carbons (Fsp3) is 0.286. The number of benzene rings is 2. The summed E-state index contributed by atoms with van der Waals surface area (Å²) in [5.41, 5.74) is 1.90. The molecule has 146 valence electrons. The van der Waals surface area contributed by atoms with Crippen LogP contribution in [0.1, 0.15) is 17.7 Å². The number of carbonyl (C=O) groups excluding carboxylic acids is 1. The highest BCUT2D eigenvalue weighted by Gasteiger charge is 2.26. The SMILES string of the molecule is CCn1c(S[C@H](C(=O)N(C)C)c2ccccc2)nnc1-c1ccc(OC)cc1. The third-order valence-corrected chi connectivity index (χ3v) is 5.59. The van der Waals surface area contributed by atoms with E-state index in [1.807, 2.05) is 66.1 Å². The molecule has 0 aliphatic carbocycles. The molecule has 0 saturated heterocycles. The van der Waals surface area contributed by atoms with Gasteiger partial charge in [-0.15, -0.1) is 10.2 Å². The molecule has 0 aliphatic heterocycles. The molecule has 0 unspecified atom stereocenters. The maximum Gasteiger partial charge on any atom is 0.240 e. The summed E-state index contributed by atoms with van der Waals surface area (Å²) in [5.74, 6) is 1.59. The minimum atomic E-state index is -0.380. The standard InChI is InChI=1S/C21H24N4O2S/c1-5-25-19(16-11-13-17(27-4)14-12-16)22-23-21(25)28-18(20(26)24(2)3)15-9-7-6-8-10-15/h6-14,18H,5H2,1-4H3/t18-/m0/s1. The van der Waals surface area contributed by atoms with Crippen molar-refractivity contribution >= 4 is 17.7 Å². The number of aromatic nitrogens is 3. The van der Waals surface area contributed by atoms with Gasteiger partial charge in [0.25, 0.3) is 0 Å². The normalized spacial score (nSPS) is 11.9. The van der Waals surface area contributed by atoms with Crippen molar-refractivity contribution < 1.29 is 9.53 Å². The van der Waals surface area contributed by atoms with Crippen LogP contribution < -0.4 is 4.74 Å². The van der Waals surface area contributed by atoms with E-state index >= 15 is 0 Å². The largest absolute Gasteiger partial charge is 0.497 e. The smallest absolute Gasteiger partial charge is 0.240 e. The number of carbonyl (C=O) groups is 1. The molecule has 0 fully saturated rings. The van der Waals surface area contributed by atoms with E-state index in [0.717, 1.165) is 27.9 Å². The second-order valence-corrected chi connectivity index (χ2v) is 7.49. The number of amides is 1. The van der Waals surface area contributed by atoms with Crippen molar-refractivity contribution in [1.29, 1.82) is 0 Å². The number of methoxy groups -OCH3 is 1. The van der Waals surface area contributed by atoms with Crippen molar-refractivity contribution in [3.63, 3.8) is 0 Å². The first-order valence-electron chi connectivity index (χ1n) is 9.05. The van der Waals surface area contributed by atoms with Crippen molar-refractivity contribution in [2.24, 2.45) is 0 Å². The second kappa shape index (κ2) is 8.93. The van der Waals surface area contributed by atoms with Crippen LogP contribution in [0.4, 0.5) is 0 Å². The average molecular weight is 397 g/mol. The molecule has 7 heteroatoms. The summed E-state index contributed by atoms with van der Waals surface area (Å²) in [4.78, 5) is 14.4. The molecule has 3 aromatic rings. The lowest BCUT2D eigenvalue weighted by Gasteiger charge is -2.20. The van der Waals surface area contributed by atoms with Crippen LogP contribution in [0.2, 0.25) is 0 Å². The Bertz CT molecular complexity index is 923. The van der Waals surface area contributed by atoms with Gasteiger partial charge in [-0.3, -0.25) is 4.79 Å². The molecule has 0 saturated carbocycles. The van der Waals surface area contributed by atoms with Gasteiger partial charge in [-0.2, -0.15) is 0 Å². The monoisotopic (exact) mass is 396 g/mol. The molecule has 0 bridgehead atoms. The minimum absolute atomic E-state index is 0.0212. The average Bonchev–Trinajstić information content (AvgIpc) is 3.14. The van der Waals surface area contributed by atoms with Crippen LogP contribution in [0.5, 0.6) is 5.75 Å². The summed E-state index contributed by atoms with van der Waals surface area (Å²) in [6.07, 6.45) is 0. The molecule has 1 amide bonds. The molecule has 6 nitrogen and oxygen atoms in total. The molecule has 0 N–H and O–H groups in total. The first-order valence-corrected chi connectivity index (χ1v) is 9.93. The van der Waals surface area contributed by atoms with Gasteiger partial charge >= 0.3 is 0 Å². The summed E-state index contributed by atoms with van der Waals surface area (Å²) in [6.45, 7) is 2.75. The highest BCUT2D eigenvalue weighted by molar-refractivity contribution is 8.00. The topological polar surface area (TPSA) is 60.2 Å². The molecule has 0 radical (unpaired) electrons. The molecule has 1 atom stereocenters. The number of hydrogen-bond donors (Lipinski definition) is 0. The lowest BCUT2D eigenvalue weighted by Crippen LogP contribution is -2.27. The Morgan fingerprint density at radius 2 is 1.79 bits per heavy atom. The number of hydrogen-bond acceptors (Lipinski definition) is 5. The fourth-order valence-corrected chi connectivity index (χ4v) is 4.09. The first kappa shape index (κ1) is 19.9. The van der Waals surface area contributed by atoms with E-state index in [-0.39, 0.29) is 11.2 Å². The summed E-state index contributed by atoms with van der Waals surface area (Å²) in [7, 11) is 5.18. The lowest BCUT2D eigenvalue weighted by atomic mass is 10.1. The Balaban J connectivity index is 1.95. The second-order valence-electron chi connectivity index (χ2n) is 6.42. The first-order chi connectivity index (χ1) is 13.5. The molecule has 0 spiro atoms. The molecule has 28 heavy (non-hydrogen) atoms. The van der Waals surface area contributed by atoms with Crippen LogP contribution in [0.3, 0.4) is 0 Å². The van der Waals surface area contributed by atoms with Crippen LogP contribution in [0.15, 0.2) is 59.8 Å². The van der Waals surface area contributed by atoms with E-state index in [0.29, 0.717) is 6.54 Å². The van der Waals surface area contributed by atoms with E-state index in [1.54, 1.807) is 26.1 Å². The van der Waals surface area contributed by atoms with Gasteiger partial charge in [0.2, 0.25) is 5.91 Å². The molecule has 0 aliphatic rings. The number of thioether (sulfide) groups is 1. The van der Waals surface area contributed by atoms with E-state index in [9.17, 15) is 4.79 Å². The summed E-state index contributed by atoms with van der Waals surface area (Å²) < 4.78 is 7.26. The van der Waals surface area contributed by atoms with Crippen LogP contribution in [-0.4, -0.2) is 46.8 Å². The van der Waals surface area contributed by atoms with E-state index in [4.69, 9.17) is 4.74 Å². The number of likely N-dealkylation sites (N-methyl/N-ethyl adjacent to an activating group) is 1. The van der Waals surface area contributed by atoms with Crippen molar-refractivity contribution in [2.45, 2.75) is 23.9 Å². The fourth-order valence-electron chi connectivity index (χ4n) is 2.84. The highest BCUT2D eigenvalue weighted by Crippen LogP contribution is 2.37. The zero-order valence-electron chi connectivity index (χ0n) is 16.5. The van der Waals surface area contributed by atoms with Gasteiger partial charge in [0.1, 0.15) is 11.0 Å². The van der Waals surface area contributed by atoms with Gasteiger partial charge in [-0.1, -0.05) is 42.1 Å². The summed E-state index contributed by atoms with van der Waals surface area (Å²) in [5, 5.41) is 9.12. The van der Waals surface area contributed by atoms with Gasteiger partial charge in [-0.05, 0) is 36.8 Å². The van der Waals surface area contributed by atoms with Crippen LogP contribution in [0, 0.1) is 0 Å². The molecule has 1 aromatic heterocycles. The zero-order valence-corrected chi connectivity index (χ0v) is 17.3. The molecule has 1 heterocycles. The third-order valence-electron chi connectivity index (χ3n) is 4.37. The Morgan fingerprint density at radius 1 is 1.11 bits per heavy atom. The lowest BCUT2D eigenvalue weighted by molar-refractivity contribution is -0.128. The molecular formula is C21H24N4O2S. The van der Waals surface area contributed by atoms with Crippen LogP contribution >= 0.6 is 11.8 Å². The van der Waals surface area contributed by atoms with Gasteiger partial charge in [-0.25, -0.2) is 0 Å². The van der Waals surface area contributed by atoms with Crippen LogP contribution in [-0.2, 0) is 11.3 Å².